The number of aryl methyl sites for hydroxylation is 1. The van der Waals surface area contributed by atoms with E-state index in [9.17, 15) is 14.4 Å². The van der Waals surface area contributed by atoms with Crippen molar-refractivity contribution in [3.63, 3.8) is 0 Å². The van der Waals surface area contributed by atoms with E-state index in [0.717, 1.165) is 33.0 Å². The summed E-state index contributed by atoms with van der Waals surface area (Å²) in [5, 5.41) is 1.36. The second-order valence-corrected chi connectivity index (χ2v) is 9.44. The van der Waals surface area contributed by atoms with Crippen LogP contribution in [0.2, 0.25) is 0 Å². The lowest BCUT2D eigenvalue weighted by Crippen LogP contribution is -2.32. The Balaban J connectivity index is 1.30. The Morgan fingerprint density at radius 2 is 1.62 bits per heavy atom. The number of esters is 1. The van der Waals surface area contributed by atoms with Crippen molar-refractivity contribution < 1.29 is 23.9 Å². The fourth-order valence-corrected chi connectivity index (χ4v) is 4.83. The summed E-state index contributed by atoms with van der Waals surface area (Å²) in [5.74, 6) is 0.0710. The molecule has 1 heterocycles. The van der Waals surface area contributed by atoms with Gasteiger partial charge in [0.15, 0.2) is 0 Å². The monoisotopic (exact) mass is 509 g/mol. The van der Waals surface area contributed by atoms with Gasteiger partial charge in [-0.1, -0.05) is 72.3 Å². The number of carbonyl (C=O) groups is 3. The molecule has 0 bridgehead atoms. The second-order valence-electron chi connectivity index (χ2n) is 8.45. The number of rotatable bonds is 7. The minimum Gasteiger partial charge on any atom is -0.492 e. The molecule has 0 atom stereocenters. The number of nitrogens with zero attached hydrogens (tertiary/aromatic N) is 1. The molecule has 1 aliphatic rings. The number of fused-ring (bicyclic) bond motifs is 1. The quantitative estimate of drug-likeness (QED) is 0.161. The van der Waals surface area contributed by atoms with Crippen molar-refractivity contribution >= 4 is 45.7 Å². The molecule has 5 rings (SSSR count). The Morgan fingerprint density at radius 1 is 0.892 bits per heavy atom. The zero-order chi connectivity index (χ0) is 25.8. The van der Waals surface area contributed by atoms with E-state index < -0.39 is 11.9 Å². The molecule has 7 heteroatoms. The molecule has 2 amide bonds. The van der Waals surface area contributed by atoms with Crippen molar-refractivity contribution in [2.24, 2.45) is 0 Å². The first kappa shape index (κ1) is 24.3. The predicted molar refractivity (Wildman–Crippen MR) is 145 cm³/mol. The Bertz CT molecular complexity index is 1520. The first-order valence-electron chi connectivity index (χ1n) is 11.7. The molecule has 4 aromatic rings. The SMILES string of the molecule is Cc1ccc(OCCN2C(=O)S/C(=C\c3ccccc3OC(=O)c3cccc4ccccc34)C2=O)cc1. The number of amides is 2. The molecule has 1 aliphatic heterocycles. The summed E-state index contributed by atoms with van der Waals surface area (Å²) < 4.78 is 11.4. The van der Waals surface area contributed by atoms with Crippen LogP contribution in [0.15, 0.2) is 95.9 Å². The average molecular weight is 510 g/mol. The van der Waals surface area contributed by atoms with Gasteiger partial charge in [-0.3, -0.25) is 14.5 Å². The molecule has 1 saturated heterocycles. The molecule has 0 spiro atoms. The van der Waals surface area contributed by atoms with E-state index in [1.807, 2.05) is 67.6 Å². The fourth-order valence-electron chi connectivity index (χ4n) is 3.97. The number of hydrogen-bond donors (Lipinski definition) is 0. The van der Waals surface area contributed by atoms with Gasteiger partial charge in [-0.2, -0.15) is 0 Å². The highest BCUT2D eigenvalue weighted by Crippen LogP contribution is 2.34. The lowest BCUT2D eigenvalue weighted by Gasteiger charge is -2.13. The van der Waals surface area contributed by atoms with Gasteiger partial charge in [0.2, 0.25) is 0 Å². The molecule has 0 aromatic heterocycles. The van der Waals surface area contributed by atoms with E-state index in [2.05, 4.69) is 0 Å². The average Bonchev–Trinajstić information content (AvgIpc) is 3.18. The van der Waals surface area contributed by atoms with E-state index in [0.29, 0.717) is 22.6 Å². The number of carbonyl (C=O) groups excluding carboxylic acids is 3. The lowest BCUT2D eigenvalue weighted by molar-refractivity contribution is -0.123. The van der Waals surface area contributed by atoms with Crippen LogP contribution in [-0.2, 0) is 4.79 Å². The Labute approximate surface area is 218 Å². The number of imide groups is 1. The van der Waals surface area contributed by atoms with Gasteiger partial charge < -0.3 is 9.47 Å². The molecular formula is C30H23NO5S. The molecular weight excluding hydrogens is 486 g/mol. The summed E-state index contributed by atoms with van der Waals surface area (Å²) in [6.45, 7) is 2.31. The summed E-state index contributed by atoms with van der Waals surface area (Å²) in [5.41, 5.74) is 2.09. The van der Waals surface area contributed by atoms with Crippen molar-refractivity contribution in [1.29, 1.82) is 0 Å². The van der Waals surface area contributed by atoms with Crippen molar-refractivity contribution in [2.75, 3.05) is 13.2 Å². The molecule has 6 nitrogen and oxygen atoms in total. The van der Waals surface area contributed by atoms with Gasteiger partial charge in [-0.15, -0.1) is 0 Å². The van der Waals surface area contributed by atoms with Crippen LogP contribution in [0.4, 0.5) is 4.79 Å². The van der Waals surface area contributed by atoms with E-state index in [-0.39, 0.29) is 23.3 Å². The Morgan fingerprint density at radius 3 is 2.46 bits per heavy atom. The number of ether oxygens (including phenoxy) is 2. The number of benzene rings is 4. The normalized spacial score (nSPS) is 14.4. The van der Waals surface area contributed by atoms with Gasteiger partial charge >= 0.3 is 5.97 Å². The topological polar surface area (TPSA) is 72.9 Å². The van der Waals surface area contributed by atoms with Crippen LogP contribution < -0.4 is 9.47 Å². The van der Waals surface area contributed by atoms with Crippen LogP contribution in [0.3, 0.4) is 0 Å². The van der Waals surface area contributed by atoms with Gasteiger partial charge in [0, 0.05) is 5.56 Å². The number of thioether (sulfide) groups is 1. The van der Waals surface area contributed by atoms with E-state index in [1.165, 1.54) is 0 Å². The third-order valence-electron chi connectivity index (χ3n) is 5.90. The van der Waals surface area contributed by atoms with E-state index in [4.69, 9.17) is 9.47 Å². The van der Waals surface area contributed by atoms with Crippen LogP contribution in [0.1, 0.15) is 21.5 Å². The zero-order valence-corrected chi connectivity index (χ0v) is 20.9. The van der Waals surface area contributed by atoms with Crippen LogP contribution >= 0.6 is 11.8 Å². The van der Waals surface area contributed by atoms with Gasteiger partial charge in [0.25, 0.3) is 11.1 Å². The number of hydrogen-bond acceptors (Lipinski definition) is 6. The van der Waals surface area contributed by atoms with Gasteiger partial charge in [0.05, 0.1) is 17.0 Å². The highest BCUT2D eigenvalue weighted by atomic mass is 32.2. The third kappa shape index (κ3) is 5.42. The maximum atomic E-state index is 13.0. The minimum atomic E-state index is -0.501. The summed E-state index contributed by atoms with van der Waals surface area (Å²) in [7, 11) is 0. The highest BCUT2D eigenvalue weighted by Gasteiger charge is 2.35. The van der Waals surface area contributed by atoms with Crippen LogP contribution in [0.25, 0.3) is 16.8 Å². The van der Waals surface area contributed by atoms with E-state index >= 15 is 0 Å². The molecule has 0 aliphatic carbocycles. The third-order valence-corrected chi connectivity index (χ3v) is 6.80. The van der Waals surface area contributed by atoms with Crippen LogP contribution in [0.5, 0.6) is 11.5 Å². The maximum absolute atomic E-state index is 13.0. The fraction of sp³-hybridized carbons (Fsp3) is 0.100. The first-order valence-corrected chi connectivity index (χ1v) is 12.5. The Kier molecular flexibility index (Phi) is 7.05. The Hall–Kier alpha value is -4.36. The van der Waals surface area contributed by atoms with Gasteiger partial charge in [-0.05, 0) is 59.8 Å². The van der Waals surface area contributed by atoms with Crippen molar-refractivity contribution in [2.45, 2.75) is 6.92 Å². The smallest absolute Gasteiger partial charge is 0.344 e. The van der Waals surface area contributed by atoms with Gasteiger partial charge in [-0.25, -0.2) is 4.79 Å². The summed E-state index contributed by atoms with van der Waals surface area (Å²) >= 11 is 0.853. The van der Waals surface area contributed by atoms with Crippen molar-refractivity contribution in [1.82, 2.24) is 4.90 Å². The summed E-state index contributed by atoms with van der Waals surface area (Å²) in [6, 6.07) is 27.5. The lowest BCUT2D eigenvalue weighted by atomic mass is 10.0. The van der Waals surface area contributed by atoms with Crippen LogP contribution in [0, 0.1) is 6.92 Å². The minimum absolute atomic E-state index is 0.133. The number of para-hydroxylation sites is 1. The predicted octanol–water partition coefficient (Wildman–Crippen LogP) is 6.48. The maximum Gasteiger partial charge on any atom is 0.344 e. The molecule has 0 N–H and O–H groups in total. The first-order chi connectivity index (χ1) is 18.0. The molecule has 37 heavy (non-hydrogen) atoms. The largest absolute Gasteiger partial charge is 0.492 e. The molecule has 184 valence electrons. The standard InChI is InChI=1S/C30H23NO5S/c1-20-13-15-23(16-14-20)35-18-17-31-28(32)27(37-30(31)34)19-22-8-3-5-12-26(22)36-29(33)25-11-6-9-21-7-2-4-10-24(21)25/h2-16,19H,17-18H2,1H3/b27-19-. The molecule has 0 saturated carbocycles. The zero-order valence-electron chi connectivity index (χ0n) is 20.0. The van der Waals surface area contributed by atoms with Gasteiger partial charge in [0.1, 0.15) is 18.1 Å². The van der Waals surface area contributed by atoms with Crippen LogP contribution in [-0.4, -0.2) is 35.2 Å². The molecule has 1 fully saturated rings. The summed E-state index contributed by atoms with van der Waals surface area (Å²) in [6.07, 6.45) is 1.58. The van der Waals surface area contributed by atoms with E-state index in [1.54, 1.807) is 36.4 Å². The summed E-state index contributed by atoms with van der Waals surface area (Å²) in [4.78, 5) is 40.0. The molecule has 0 radical (unpaired) electrons. The second kappa shape index (κ2) is 10.7. The molecule has 4 aromatic carbocycles. The molecule has 0 unspecified atom stereocenters. The van der Waals surface area contributed by atoms with Crippen molar-refractivity contribution in [3.05, 3.63) is 113 Å². The highest BCUT2D eigenvalue weighted by molar-refractivity contribution is 8.18. The van der Waals surface area contributed by atoms with Crippen molar-refractivity contribution in [3.8, 4) is 11.5 Å².